The second kappa shape index (κ2) is 7.99. The van der Waals surface area contributed by atoms with Gasteiger partial charge in [0, 0.05) is 10.7 Å². The highest BCUT2D eigenvalue weighted by atomic mass is 35.5. The Hall–Kier alpha value is -3.67. The summed E-state index contributed by atoms with van der Waals surface area (Å²) in [5, 5.41) is 13.8. The molecule has 0 aliphatic heterocycles. The van der Waals surface area contributed by atoms with Gasteiger partial charge in [0.2, 0.25) is 5.91 Å². The predicted molar refractivity (Wildman–Crippen MR) is 116 cm³/mol. The van der Waals surface area contributed by atoms with E-state index in [9.17, 15) is 14.4 Å². The van der Waals surface area contributed by atoms with Crippen molar-refractivity contribution in [1.29, 1.82) is 5.26 Å². The quantitative estimate of drug-likeness (QED) is 0.530. The van der Waals surface area contributed by atoms with Crippen molar-refractivity contribution in [3.05, 3.63) is 91.4 Å². The van der Waals surface area contributed by atoms with E-state index in [4.69, 9.17) is 16.9 Å². The largest absolute Gasteiger partial charge is 0.336 e. The summed E-state index contributed by atoms with van der Waals surface area (Å²) < 4.78 is 2.65. The zero-order valence-corrected chi connectivity index (χ0v) is 16.9. The van der Waals surface area contributed by atoms with Crippen LogP contribution in [0.4, 0.5) is 5.69 Å². The molecule has 0 aliphatic carbocycles. The number of nitriles is 1. The van der Waals surface area contributed by atoms with E-state index in [-0.39, 0.29) is 6.54 Å². The molecule has 2 heterocycles. The predicted octanol–water partition coefficient (Wildman–Crippen LogP) is 3.38. The van der Waals surface area contributed by atoms with Crippen LogP contribution in [0, 0.1) is 11.3 Å². The molecule has 1 amide bonds. The third-order valence-corrected chi connectivity index (χ3v) is 5.56. The molecule has 4 rings (SSSR count). The minimum atomic E-state index is -0.630. The topological polar surface area (TPSA) is 96.9 Å². The SMILES string of the molecule is N#Cc1cccc(NC(=O)Cn2c(=O)n(-c3ccc(Cl)cc3)c(=O)c3sccc32)c1. The van der Waals surface area contributed by atoms with Crippen molar-refractivity contribution in [2.75, 3.05) is 5.32 Å². The third kappa shape index (κ3) is 3.64. The van der Waals surface area contributed by atoms with Crippen LogP contribution in [-0.2, 0) is 11.3 Å². The molecule has 0 saturated heterocycles. The maximum atomic E-state index is 13.1. The van der Waals surface area contributed by atoms with Crippen molar-refractivity contribution in [1.82, 2.24) is 9.13 Å². The fourth-order valence-corrected chi connectivity index (χ4v) is 4.02. The number of rotatable bonds is 4. The standard InChI is InChI=1S/C21H13ClN4O3S/c22-14-4-6-16(7-5-14)26-20(28)19-17(8-9-30-19)25(21(26)29)12-18(27)24-15-3-1-2-13(10-15)11-23/h1-10H,12H2,(H,24,27). The molecule has 0 spiro atoms. The molecular weight excluding hydrogens is 424 g/mol. The molecule has 2 aromatic heterocycles. The van der Waals surface area contributed by atoms with Crippen LogP contribution in [0.25, 0.3) is 15.9 Å². The summed E-state index contributed by atoms with van der Waals surface area (Å²) >= 11 is 7.11. The maximum Gasteiger partial charge on any atom is 0.336 e. The van der Waals surface area contributed by atoms with E-state index in [1.165, 1.54) is 22.0 Å². The highest BCUT2D eigenvalue weighted by Gasteiger charge is 2.17. The number of halogens is 1. The van der Waals surface area contributed by atoms with Crippen LogP contribution in [-0.4, -0.2) is 15.0 Å². The lowest BCUT2D eigenvalue weighted by molar-refractivity contribution is -0.116. The Labute approximate surface area is 179 Å². The second-order valence-corrected chi connectivity index (χ2v) is 7.71. The summed E-state index contributed by atoms with van der Waals surface area (Å²) in [7, 11) is 0. The molecular formula is C21H13ClN4O3S. The molecule has 0 bridgehead atoms. The minimum Gasteiger partial charge on any atom is -0.324 e. The Kier molecular flexibility index (Phi) is 5.23. The highest BCUT2D eigenvalue weighted by molar-refractivity contribution is 7.17. The zero-order chi connectivity index (χ0) is 21.3. The van der Waals surface area contributed by atoms with E-state index in [0.29, 0.717) is 32.2 Å². The van der Waals surface area contributed by atoms with E-state index in [0.717, 1.165) is 4.57 Å². The van der Waals surface area contributed by atoms with Gasteiger partial charge in [-0.3, -0.25) is 14.2 Å². The first-order valence-corrected chi connectivity index (χ1v) is 10.0. The normalized spacial score (nSPS) is 10.7. The van der Waals surface area contributed by atoms with Gasteiger partial charge in [-0.15, -0.1) is 11.3 Å². The molecule has 0 unspecified atom stereocenters. The van der Waals surface area contributed by atoms with Crippen LogP contribution in [0.3, 0.4) is 0 Å². The molecule has 0 radical (unpaired) electrons. The third-order valence-electron chi connectivity index (χ3n) is 4.42. The summed E-state index contributed by atoms with van der Waals surface area (Å²) in [5.74, 6) is -0.457. The van der Waals surface area contributed by atoms with E-state index in [1.54, 1.807) is 53.9 Å². The number of benzene rings is 2. The van der Waals surface area contributed by atoms with E-state index < -0.39 is 17.2 Å². The summed E-state index contributed by atoms with van der Waals surface area (Å²) in [5.41, 5.74) is 0.516. The van der Waals surface area contributed by atoms with E-state index in [2.05, 4.69) is 5.32 Å². The van der Waals surface area contributed by atoms with Crippen LogP contribution >= 0.6 is 22.9 Å². The van der Waals surface area contributed by atoms with Crippen LogP contribution in [0.15, 0.2) is 69.6 Å². The Bertz CT molecular complexity index is 1430. The van der Waals surface area contributed by atoms with Gasteiger partial charge in [0.05, 0.1) is 22.8 Å². The van der Waals surface area contributed by atoms with Gasteiger partial charge in [-0.25, -0.2) is 9.36 Å². The summed E-state index contributed by atoms with van der Waals surface area (Å²) in [6, 6.07) is 16.4. The molecule has 0 saturated carbocycles. The van der Waals surface area contributed by atoms with E-state index >= 15 is 0 Å². The van der Waals surface area contributed by atoms with Crippen molar-refractivity contribution < 1.29 is 4.79 Å². The van der Waals surface area contributed by atoms with Crippen molar-refractivity contribution in [2.45, 2.75) is 6.54 Å². The summed E-state index contributed by atoms with van der Waals surface area (Å²) in [6.07, 6.45) is 0. The molecule has 7 nitrogen and oxygen atoms in total. The maximum absolute atomic E-state index is 13.1. The number of nitrogens with one attached hydrogen (secondary N) is 1. The number of aromatic nitrogens is 2. The average molecular weight is 437 g/mol. The zero-order valence-electron chi connectivity index (χ0n) is 15.3. The van der Waals surface area contributed by atoms with Crippen LogP contribution in [0.1, 0.15) is 5.56 Å². The minimum absolute atomic E-state index is 0.295. The lowest BCUT2D eigenvalue weighted by atomic mass is 10.2. The van der Waals surface area contributed by atoms with Crippen molar-refractivity contribution in [2.24, 2.45) is 0 Å². The Morgan fingerprint density at radius 1 is 1.13 bits per heavy atom. The Morgan fingerprint density at radius 3 is 2.63 bits per heavy atom. The molecule has 0 atom stereocenters. The molecule has 1 N–H and O–H groups in total. The van der Waals surface area contributed by atoms with Crippen LogP contribution in [0.2, 0.25) is 5.02 Å². The van der Waals surface area contributed by atoms with Gasteiger partial charge < -0.3 is 5.32 Å². The first-order valence-electron chi connectivity index (χ1n) is 8.77. The molecule has 148 valence electrons. The van der Waals surface area contributed by atoms with Gasteiger partial charge >= 0.3 is 5.69 Å². The summed E-state index contributed by atoms with van der Waals surface area (Å²) in [6.45, 7) is -0.295. The van der Waals surface area contributed by atoms with Gasteiger partial charge in [0.15, 0.2) is 0 Å². The number of hydrogen-bond donors (Lipinski definition) is 1. The monoisotopic (exact) mass is 436 g/mol. The first kappa shape index (κ1) is 19.6. The fourth-order valence-electron chi connectivity index (χ4n) is 3.07. The number of carbonyl (C=O) groups excluding carboxylic acids is 1. The molecule has 4 aromatic rings. The number of amides is 1. The van der Waals surface area contributed by atoms with Crippen molar-refractivity contribution >= 4 is 44.7 Å². The van der Waals surface area contributed by atoms with Crippen LogP contribution in [0.5, 0.6) is 0 Å². The van der Waals surface area contributed by atoms with Gasteiger partial charge in [0.25, 0.3) is 5.56 Å². The first-order chi connectivity index (χ1) is 14.5. The number of fused-ring (bicyclic) bond motifs is 1. The number of anilines is 1. The number of hydrogen-bond acceptors (Lipinski definition) is 5. The number of thiophene rings is 1. The second-order valence-electron chi connectivity index (χ2n) is 6.36. The number of nitrogens with zero attached hydrogens (tertiary/aromatic N) is 3. The van der Waals surface area contributed by atoms with E-state index in [1.807, 2.05) is 6.07 Å². The lowest BCUT2D eigenvalue weighted by Gasteiger charge is -2.12. The van der Waals surface area contributed by atoms with Gasteiger partial charge in [-0.05, 0) is 53.9 Å². The van der Waals surface area contributed by atoms with Gasteiger partial charge in [0.1, 0.15) is 11.2 Å². The molecule has 30 heavy (non-hydrogen) atoms. The Morgan fingerprint density at radius 2 is 1.90 bits per heavy atom. The molecule has 2 aromatic carbocycles. The molecule has 0 fully saturated rings. The Balaban J connectivity index is 1.77. The average Bonchev–Trinajstić information content (AvgIpc) is 3.23. The van der Waals surface area contributed by atoms with Crippen molar-refractivity contribution in [3.63, 3.8) is 0 Å². The molecule has 9 heteroatoms. The fraction of sp³-hybridized carbons (Fsp3) is 0.0476. The van der Waals surface area contributed by atoms with Gasteiger partial charge in [-0.1, -0.05) is 17.7 Å². The van der Waals surface area contributed by atoms with Crippen LogP contribution < -0.4 is 16.6 Å². The molecule has 0 aliphatic rings. The summed E-state index contributed by atoms with van der Waals surface area (Å²) in [4.78, 5) is 38.7. The van der Waals surface area contributed by atoms with Crippen molar-refractivity contribution in [3.8, 4) is 11.8 Å². The highest BCUT2D eigenvalue weighted by Crippen LogP contribution is 2.18. The lowest BCUT2D eigenvalue weighted by Crippen LogP contribution is -2.40. The number of carbonyl (C=O) groups is 1. The smallest absolute Gasteiger partial charge is 0.324 e. The van der Waals surface area contributed by atoms with Gasteiger partial charge in [-0.2, -0.15) is 5.26 Å².